The van der Waals surface area contributed by atoms with Gasteiger partial charge in [-0.1, -0.05) is 12.1 Å². The van der Waals surface area contributed by atoms with Crippen molar-refractivity contribution in [2.45, 2.75) is 6.54 Å². The molecule has 16 heavy (non-hydrogen) atoms. The number of imide groups is 1. The van der Waals surface area contributed by atoms with Crippen molar-refractivity contribution in [2.24, 2.45) is 0 Å². The van der Waals surface area contributed by atoms with Crippen LogP contribution in [0.1, 0.15) is 5.56 Å². The molecule has 0 unspecified atom stereocenters. The van der Waals surface area contributed by atoms with Gasteiger partial charge in [-0.15, -0.1) is 0 Å². The van der Waals surface area contributed by atoms with Crippen molar-refractivity contribution >= 4 is 11.8 Å². The molecule has 0 aromatic heterocycles. The molecule has 1 N–H and O–H groups in total. The van der Waals surface area contributed by atoms with Gasteiger partial charge >= 0.3 is 0 Å². The molecule has 1 aliphatic heterocycles. The molecule has 0 saturated carbocycles. The molecule has 1 saturated heterocycles. The van der Waals surface area contributed by atoms with E-state index in [0.29, 0.717) is 6.54 Å². The maximum atomic E-state index is 12.9. The maximum Gasteiger partial charge on any atom is 0.240 e. The van der Waals surface area contributed by atoms with E-state index in [4.69, 9.17) is 0 Å². The highest BCUT2D eigenvalue weighted by Crippen LogP contribution is 2.08. The van der Waals surface area contributed by atoms with Gasteiger partial charge in [-0.25, -0.2) is 4.39 Å². The molecule has 2 rings (SSSR count). The Morgan fingerprint density at radius 2 is 1.94 bits per heavy atom. The van der Waals surface area contributed by atoms with Crippen LogP contribution in [0.25, 0.3) is 0 Å². The molecule has 1 aliphatic rings. The summed E-state index contributed by atoms with van der Waals surface area (Å²) in [4.78, 5) is 23.9. The van der Waals surface area contributed by atoms with Crippen LogP contribution in [-0.4, -0.2) is 29.8 Å². The molecule has 0 radical (unpaired) electrons. The second-order valence-electron chi connectivity index (χ2n) is 3.75. The van der Waals surface area contributed by atoms with Gasteiger partial charge in [-0.2, -0.15) is 0 Å². The molecule has 4 nitrogen and oxygen atoms in total. The lowest BCUT2D eigenvalue weighted by molar-refractivity contribution is -0.136. The predicted molar refractivity (Wildman–Crippen MR) is 54.8 cm³/mol. The highest BCUT2D eigenvalue weighted by Gasteiger charge is 2.22. The molecule has 1 aromatic rings. The minimum absolute atomic E-state index is 0.169. The summed E-state index contributed by atoms with van der Waals surface area (Å²) >= 11 is 0. The molecule has 5 heteroatoms. The average molecular weight is 222 g/mol. The van der Waals surface area contributed by atoms with Crippen molar-refractivity contribution in [3.8, 4) is 0 Å². The fourth-order valence-corrected chi connectivity index (χ4v) is 1.70. The molecule has 0 spiro atoms. The molecule has 84 valence electrons. The van der Waals surface area contributed by atoms with Crippen molar-refractivity contribution in [1.82, 2.24) is 10.2 Å². The number of hydrogen-bond donors (Lipinski definition) is 1. The highest BCUT2D eigenvalue weighted by atomic mass is 19.1. The summed E-state index contributed by atoms with van der Waals surface area (Å²) in [5.41, 5.74) is 0.752. The van der Waals surface area contributed by atoms with Gasteiger partial charge in [0.2, 0.25) is 11.8 Å². The normalized spacial score (nSPS) is 17.3. The number of halogens is 1. The quantitative estimate of drug-likeness (QED) is 0.731. The first-order valence-corrected chi connectivity index (χ1v) is 4.93. The Kier molecular flexibility index (Phi) is 2.96. The number of nitrogens with one attached hydrogen (secondary N) is 1. The first-order valence-electron chi connectivity index (χ1n) is 4.93. The van der Waals surface area contributed by atoms with Gasteiger partial charge in [-0.3, -0.25) is 19.8 Å². The van der Waals surface area contributed by atoms with Crippen LogP contribution >= 0.6 is 0 Å². The number of rotatable bonds is 2. The lowest BCUT2D eigenvalue weighted by Crippen LogP contribution is -2.50. The Labute approximate surface area is 92.0 Å². The van der Waals surface area contributed by atoms with Crippen LogP contribution in [0.3, 0.4) is 0 Å². The van der Waals surface area contributed by atoms with E-state index in [9.17, 15) is 14.0 Å². The summed E-state index contributed by atoms with van der Waals surface area (Å²) in [6.45, 7) is 0.738. The first kappa shape index (κ1) is 10.8. The maximum absolute atomic E-state index is 12.9. The van der Waals surface area contributed by atoms with E-state index in [1.807, 2.05) is 0 Å². The molecular formula is C11H11FN2O2. The minimum atomic E-state index is -0.315. The largest absolute Gasteiger partial charge is 0.294 e. The van der Waals surface area contributed by atoms with Crippen LogP contribution < -0.4 is 5.32 Å². The summed E-state index contributed by atoms with van der Waals surface area (Å²) in [7, 11) is 0. The van der Waals surface area contributed by atoms with Crippen molar-refractivity contribution in [3.63, 3.8) is 0 Å². The van der Waals surface area contributed by atoms with E-state index in [1.54, 1.807) is 17.0 Å². The molecule has 1 fully saturated rings. The Morgan fingerprint density at radius 1 is 1.25 bits per heavy atom. The third-order valence-electron chi connectivity index (χ3n) is 2.31. The van der Waals surface area contributed by atoms with E-state index < -0.39 is 0 Å². The number of nitrogens with zero attached hydrogens (tertiary/aromatic N) is 1. The summed E-state index contributed by atoms with van der Waals surface area (Å²) in [6, 6.07) is 6.13. The second-order valence-corrected chi connectivity index (χ2v) is 3.75. The van der Waals surface area contributed by atoms with E-state index in [-0.39, 0.29) is 30.7 Å². The summed E-state index contributed by atoms with van der Waals surface area (Å²) in [5.74, 6) is -0.939. The third-order valence-corrected chi connectivity index (χ3v) is 2.31. The van der Waals surface area contributed by atoms with Crippen LogP contribution in [0.4, 0.5) is 4.39 Å². The zero-order chi connectivity index (χ0) is 11.5. The molecule has 1 heterocycles. The lowest BCUT2D eigenvalue weighted by atomic mass is 10.2. The van der Waals surface area contributed by atoms with E-state index >= 15 is 0 Å². The van der Waals surface area contributed by atoms with Gasteiger partial charge in [0.1, 0.15) is 5.82 Å². The van der Waals surface area contributed by atoms with Crippen LogP contribution in [0.5, 0.6) is 0 Å². The zero-order valence-electron chi connectivity index (χ0n) is 8.57. The molecule has 0 bridgehead atoms. The smallest absolute Gasteiger partial charge is 0.240 e. The number of piperazine rings is 1. The monoisotopic (exact) mass is 222 g/mol. The Bertz CT molecular complexity index is 418. The van der Waals surface area contributed by atoms with Crippen LogP contribution in [-0.2, 0) is 16.1 Å². The molecular weight excluding hydrogens is 211 g/mol. The van der Waals surface area contributed by atoms with E-state index in [0.717, 1.165) is 5.56 Å². The van der Waals surface area contributed by atoms with Crippen molar-refractivity contribution < 1.29 is 14.0 Å². The van der Waals surface area contributed by atoms with Gasteiger partial charge in [0.05, 0.1) is 13.1 Å². The minimum Gasteiger partial charge on any atom is -0.294 e. The van der Waals surface area contributed by atoms with Crippen molar-refractivity contribution in [3.05, 3.63) is 35.6 Å². The fraction of sp³-hybridized carbons (Fsp3) is 0.273. The molecule has 1 aromatic carbocycles. The number of carbonyl (C=O) groups is 2. The number of carbonyl (C=O) groups excluding carboxylic acids is 2. The number of amides is 2. The standard InChI is InChI=1S/C11H11FN2O2/c12-9-3-1-2-8(4-9)5-14-6-10(15)13-11(16)7-14/h1-4H,5-7H2,(H,13,15,16). The van der Waals surface area contributed by atoms with E-state index in [1.165, 1.54) is 12.1 Å². The van der Waals surface area contributed by atoms with Gasteiger partial charge in [0, 0.05) is 6.54 Å². The zero-order valence-corrected chi connectivity index (χ0v) is 8.57. The number of benzene rings is 1. The Balaban J connectivity index is 2.04. The molecule has 0 atom stereocenters. The topological polar surface area (TPSA) is 49.4 Å². The van der Waals surface area contributed by atoms with Crippen molar-refractivity contribution in [1.29, 1.82) is 0 Å². The Morgan fingerprint density at radius 3 is 2.56 bits per heavy atom. The average Bonchev–Trinajstić information content (AvgIpc) is 2.15. The van der Waals surface area contributed by atoms with Crippen molar-refractivity contribution in [2.75, 3.05) is 13.1 Å². The predicted octanol–water partition coefficient (Wildman–Crippen LogP) is 0.284. The van der Waals surface area contributed by atoms with E-state index in [2.05, 4.69) is 5.32 Å². The molecule has 0 aliphatic carbocycles. The summed E-state index contributed by atoms with van der Waals surface area (Å²) < 4.78 is 12.9. The van der Waals surface area contributed by atoms with Gasteiger partial charge in [-0.05, 0) is 17.7 Å². The Hall–Kier alpha value is -1.75. The van der Waals surface area contributed by atoms with Crippen LogP contribution in [0.15, 0.2) is 24.3 Å². The van der Waals surface area contributed by atoms with Gasteiger partial charge < -0.3 is 0 Å². The van der Waals surface area contributed by atoms with Gasteiger partial charge in [0.15, 0.2) is 0 Å². The second kappa shape index (κ2) is 4.40. The number of hydrogen-bond acceptors (Lipinski definition) is 3. The highest BCUT2D eigenvalue weighted by molar-refractivity contribution is 5.99. The lowest BCUT2D eigenvalue weighted by Gasteiger charge is -2.25. The van der Waals surface area contributed by atoms with Crippen LogP contribution in [0, 0.1) is 5.82 Å². The van der Waals surface area contributed by atoms with Gasteiger partial charge in [0.25, 0.3) is 0 Å². The summed E-state index contributed by atoms with van der Waals surface area (Å²) in [6.07, 6.45) is 0. The fourth-order valence-electron chi connectivity index (χ4n) is 1.70. The molecule has 2 amide bonds. The third kappa shape index (κ3) is 2.64. The first-order chi connectivity index (χ1) is 7.63. The SMILES string of the molecule is O=C1CN(Cc2cccc(F)c2)CC(=O)N1. The van der Waals surface area contributed by atoms with Crippen LogP contribution in [0.2, 0.25) is 0 Å². The summed E-state index contributed by atoms with van der Waals surface area (Å²) in [5, 5.41) is 2.21.